The highest BCUT2D eigenvalue weighted by molar-refractivity contribution is 7.88. The number of nitrogens with one attached hydrogen (secondary N) is 2. The van der Waals surface area contributed by atoms with Gasteiger partial charge < -0.3 is 25.5 Å². The van der Waals surface area contributed by atoms with Gasteiger partial charge in [-0.05, 0) is 43.4 Å². The van der Waals surface area contributed by atoms with Gasteiger partial charge in [0.1, 0.15) is 5.00 Å². The topological polar surface area (TPSA) is 165 Å². The third-order valence-corrected chi connectivity index (χ3v) is 10.6. The molecule has 4 aliphatic heterocycles. The highest BCUT2D eigenvalue weighted by Crippen LogP contribution is 2.34. The number of sulfonamides is 1. The molecule has 2 aromatic rings. The van der Waals surface area contributed by atoms with E-state index in [1.54, 1.807) is 4.68 Å². The summed E-state index contributed by atoms with van der Waals surface area (Å²) in [5.74, 6) is 0.971. The molecule has 0 aliphatic carbocycles. The molecule has 0 saturated carbocycles. The number of rotatable bonds is 6. The number of aliphatic imine (C=N–C) groups is 2. The van der Waals surface area contributed by atoms with Crippen molar-refractivity contribution in [1.29, 1.82) is 0 Å². The molecular formula is C28H35N9O5S2. The fourth-order valence-corrected chi connectivity index (χ4v) is 7.68. The lowest BCUT2D eigenvalue weighted by Crippen LogP contribution is -2.46. The molecule has 6 rings (SSSR count). The number of carboxylic acid groups (broad SMARTS) is 1. The molecule has 234 valence electrons. The van der Waals surface area contributed by atoms with Crippen molar-refractivity contribution in [2.75, 3.05) is 39.0 Å². The fraction of sp³-hybridized carbons (Fsp3) is 0.464. The number of aryl methyl sites for hydroxylation is 2. The Balaban J connectivity index is 1.25. The van der Waals surface area contributed by atoms with E-state index in [1.165, 1.54) is 26.8 Å². The van der Waals surface area contributed by atoms with Crippen LogP contribution < -0.4 is 10.6 Å². The summed E-state index contributed by atoms with van der Waals surface area (Å²) in [5, 5.41) is 21.0. The monoisotopic (exact) mass is 641 g/mol. The third kappa shape index (κ3) is 6.14. The van der Waals surface area contributed by atoms with E-state index in [-0.39, 0.29) is 24.5 Å². The quantitative estimate of drug-likeness (QED) is 0.432. The van der Waals surface area contributed by atoms with Crippen molar-refractivity contribution >= 4 is 50.0 Å². The van der Waals surface area contributed by atoms with Crippen molar-refractivity contribution < 1.29 is 23.1 Å². The van der Waals surface area contributed by atoms with Gasteiger partial charge in [0.15, 0.2) is 11.7 Å². The summed E-state index contributed by atoms with van der Waals surface area (Å²) in [6, 6.07) is 1.66. The maximum Gasteiger partial charge on any atom is 0.407 e. The van der Waals surface area contributed by atoms with Crippen molar-refractivity contribution in [2.45, 2.75) is 38.3 Å². The summed E-state index contributed by atoms with van der Waals surface area (Å²) in [7, 11) is -1.38. The van der Waals surface area contributed by atoms with Gasteiger partial charge in [-0.1, -0.05) is 6.08 Å². The second kappa shape index (κ2) is 11.8. The minimum absolute atomic E-state index is 0.0960. The summed E-state index contributed by atoms with van der Waals surface area (Å²) in [6.45, 7) is 3.83. The molecule has 44 heavy (non-hydrogen) atoms. The van der Waals surface area contributed by atoms with E-state index in [1.807, 2.05) is 44.7 Å². The van der Waals surface area contributed by atoms with Crippen LogP contribution in [0.5, 0.6) is 0 Å². The van der Waals surface area contributed by atoms with Crippen molar-refractivity contribution in [3.05, 3.63) is 58.0 Å². The van der Waals surface area contributed by atoms with E-state index >= 15 is 0 Å². The van der Waals surface area contributed by atoms with Crippen LogP contribution in [0.25, 0.3) is 0 Å². The molecule has 14 nitrogen and oxygen atoms in total. The number of hydrogen-bond donors (Lipinski definition) is 3. The molecule has 2 aromatic heterocycles. The van der Waals surface area contributed by atoms with Gasteiger partial charge in [0.25, 0.3) is 5.91 Å². The first-order chi connectivity index (χ1) is 21.0. The molecule has 0 bridgehead atoms. The number of piperidine rings is 1. The van der Waals surface area contributed by atoms with Gasteiger partial charge in [0.05, 0.1) is 42.2 Å². The number of hydrogen-bond acceptors (Lipinski definition) is 9. The SMILES string of the molecule is Cc1cc(/N=C2/NC(C3=CCCN(C(=O)O)C3)=CN3C2=NCC3c2cnn(C)c2)sc1C(=O)NC1CCN(S(C)(=O)=O)CC1. The van der Waals surface area contributed by atoms with Crippen LogP contribution in [0.4, 0.5) is 9.80 Å². The van der Waals surface area contributed by atoms with Crippen LogP contribution in [-0.4, -0.2) is 106 Å². The molecule has 0 radical (unpaired) electrons. The van der Waals surface area contributed by atoms with E-state index in [0.717, 1.165) is 22.4 Å². The summed E-state index contributed by atoms with van der Waals surface area (Å²) >= 11 is 1.28. The minimum atomic E-state index is -3.24. The van der Waals surface area contributed by atoms with E-state index in [2.05, 4.69) is 20.6 Å². The Hall–Kier alpha value is -4.02. The number of thiophene rings is 1. The summed E-state index contributed by atoms with van der Waals surface area (Å²) in [5.41, 5.74) is 3.39. The van der Waals surface area contributed by atoms with Crippen LogP contribution in [0.1, 0.15) is 46.1 Å². The lowest BCUT2D eigenvalue weighted by atomic mass is 10.0. The lowest BCUT2D eigenvalue weighted by Gasteiger charge is -2.33. The van der Waals surface area contributed by atoms with Gasteiger partial charge in [-0.2, -0.15) is 5.10 Å². The maximum atomic E-state index is 13.2. The van der Waals surface area contributed by atoms with Crippen LogP contribution in [0.15, 0.2) is 52.0 Å². The zero-order valence-electron chi connectivity index (χ0n) is 24.7. The standard InChI is InChI=1S/C28H35N9O5S2/c1-17-11-23(43-24(17)27(38)31-20-6-9-36(10-7-20)44(3,41)42)33-25-26-29-13-22(19-12-30-34(2)14-19)37(26)16-21(32-25)18-5-4-8-35(15-18)28(39)40/h5,11-12,14,16,20,22H,4,6-10,13,15H2,1-3H3,(H,31,38)(H,32,33)(H,39,40). The first-order valence-corrected chi connectivity index (χ1v) is 17.1. The zero-order chi connectivity index (χ0) is 31.2. The molecule has 0 aromatic carbocycles. The molecular weight excluding hydrogens is 607 g/mol. The second-order valence-electron chi connectivity index (χ2n) is 11.4. The molecule has 1 fully saturated rings. The Kier molecular flexibility index (Phi) is 8.06. The van der Waals surface area contributed by atoms with E-state index < -0.39 is 16.1 Å². The molecule has 2 amide bonds. The Morgan fingerprint density at radius 2 is 2.00 bits per heavy atom. The van der Waals surface area contributed by atoms with Gasteiger partial charge in [-0.15, -0.1) is 11.3 Å². The second-order valence-corrected chi connectivity index (χ2v) is 14.4. The van der Waals surface area contributed by atoms with Crippen molar-refractivity contribution in [1.82, 2.24) is 34.5 Å². The van der Waals surface area contributed by atoms with Crippen molar-refractivity contribution in [2.24, 2.45) is 17.0 Å². The Morgan fingerprint density at radius 1 is 1.23 bits per heavy atom. The van der Waals surface area contributed by atoms with Crippen LogP contribution >= 0.6 is 11.3 Å². The average Bonchev–Trinajstić information content (AvgIpc) is 3.71. The van der Waals surface area contributed by atoms with Crippen LogP contribution in [0.2, 0.25) is 0 Å². The van der Waals surface area contributed by atoms with Crippen LogP contribution in [0.3, 0.4) is 0 Å². The molecule has 1 saturated heterocycles. The lowest BCUT2D eigenvalue weighted by molar-refractivity contribution is 0.0927. The highest BCUT2D eigenvalue weighted by atomic mass is 32.2. The van der Waals surface area contributed by atoms with Crippen molar-refractivity contribution in [3.8, 4) is 0 Å². The predicted octanol–water partition coefficient (Wildman–Crippen LogP) is 2.18. The number of amidine groups is 2. The molecule has 4 aliphatic rings. The van der Waals surface area contributed by atoms with Gasteiger partial charge in [0, 0.05) is 50.7 Å². The largest absolute Gasteiger partial charge is 0.465 e. The number of fused-ring (bicyclic) bond motifs is 1. The molecule has 6 heterocycles. The third-order valence-electron chi connectivity index (χ3n) is 8.20. The molecule has 1 atom stereocenters. The Morgan fingerprint density at radius 3 is 2.68 bits per heavy atom. The summed E-state index contributed by atoms with van der Waals surface area (Å²) in [6.07, 6.45) is 9.75. The molecule has 16 heteroatoms. The van der Waals surface area contributed by atoms with Gasteiger partial charge in [0.2, 0.25) is 10.0 Å². The first-order valence-electron chi connectivity index (χ1n) is 14.4. The molecule has 0 spiro atoms. The number of carbonyl (C=O) groups is 2. The zero-order valence-corrected chi connectivity index (χ0v) is 26.4. The Bertz CT molecular complexity index is 1710. The molecule has 3 N–H and O–H groups in total. The Labute approximate surface area is 259 Å². The maximum absolute atomic E-state index is 13.2. The molecule has 1 unspecified atom stereocenters. The summed E-state index contributed by atoms with van der Waals surface area (Å²) < 4.78 is 26.9. The fourth-order valence-electron chi connectivity index (χ4n) is 5.85. The highest BCUT2D eigenvalue weighted by Gasteiger charge is 2.36. The average molecular weight is 642 g/mol. The van der Waals surface area contributed by atoms with Crippen LogP contribution in [-0.2, 0) is 17.1 Å². The van der Waals surface area contributed by atoms with E-state index in [0.29, 0.717) is 67.0 Å². The van der Waals surface area contributed by atoms with Gasteiger partial charge in [-0.3, -0.25) is 14.5 Å². The minimum Gasteiger partial charge on any atom is -0.465 e. The normalized spacial score (nSPS) is 22.3. The van der Waals surface area contributed by atoms with Gasteiger partial charge >= 0.3 is 6.09 Å². The number of carbonyl (C=O) groups excluding carboxylic acids is 1. The summed E-state index contributed by atoms with van der Waals surface area (Å²) in [4.78, 5) is 38.7. The number of nitrogens with zero attached hydrogens (tertiary/aromatic N) is 7. The van der Waals surface area contributed by atoms with Crippen LogP contribution in [0, 0.1) is 6.92 Å². The first kappa shape index (κ1) is 30.0. The number of amides is 2. The predicted molar refractivity (Wildman–Crippen MR) is 167 cm³/mol. The van der Waals surface area contributed by atoms with Gasteiger partial charge in [-0.25, -0.2) is 22.5 Å². The van der Waals surface area contributed by atoms with E-state index in [9.17, 15) is 23.1 Å². The van der Waals surface area contributed by atoms with Crippen molar-refractivity contribution in [3.63, 3.8) is 0 Å². The smallest absolute Gasteiger partial charge is 0.407 e. The van der Waals surface area contributed by atoms with E-state index in [4.69, 9.17) is 9.98 Å². The number of aromatic nitrogens is 2.